The van der Waals surface area contributed by atoms with Gasteiger partial charge in [-0.3, -0.25) is 4.79 Å². The molecule has 3 aromatic rings. The lowest BCUT2D eigenvalue weighted by Gasteiger charge is -2.16. The normalized spacial score (nSPS) is 11.9. The number of hydrogen-bond donors (Lipinski definition) is 1. The molecule has 0 aliphatic heterocycles. The van der Waals surface area contributed by atoms with E-state index in [1.165, 1.54) is 0 Å². The van der Waals surface area contributed by atoms with Gasteiger partial charge in [0, 0.05) is 17.1 Å². The molecule has 0 unspecified atom stereocenters. The number of nitrogens with one attached hydrogen (secondary N) is 1. The molecule has 1 aromatic carbocycles. The summed E-state index contributed by atoms with van der Waals surface area (Å²) in [6.07, 6.45) is 0.699. The second-order valence-corrected chi connectivity index (χ2v) is 7.25. The third kappa shape index (κ3) is 4.42. The van der Waals surface area contributed by atoms with E-state index in [-0.39, 0.29) is 5.91 Å². The van der Waals surface area contributed by atoms with Crippen LogP contribution >= 0.6 is 0 Å². The Morgan fingerprint density at radius 1 is 1.10 bits per heavy atom. The Balaban J connectivity index is 1.70. The Bertz CT molecular complexity index is 1010. The van der Waals surface area contributed by atoms with Gasteiger partial charge in [0.05, 0.1) is 18.4 Å². The van der Waals surface area contributed by atoms with Crippen LogP contribution in [0.2, 0.25) is 0 Å². The van der Waals surface area contributed by atoms with E-state index >= 15 is 0 Å². The maximum absolute atomic E-state index is 12.7. The van der Waals surface area contributed by atoms with E-state index in [2.05, 4.69) is 5.32 Å². The van der Waals surface area contributed by atoms with Gasteiger partial charge in [0.25, 0.3) is 5.91 Å². The molecule has 2 aromatic heterocycles. The van der Waals surface area contributed by atoms with Crippen molar-refractivity contribution < 1.29 is 18.7 Å². The smallest absolute Gasteiger partial charge is 0.340 e. The van der Waals surface area contributed by atoms with Crippen LogP contribution in [0.5, 0.6) is 0 Å². The topological polar surface area (TPSA) is 73.5 Å². The number of ether oxygens (including phenoxy) is 1. The molecule has 0 saturated carbocycles. The molecule has 6 nitrogen and oxygen atoms in total. The minimum absolute atomic E-state index is 0.361. The fraction of sp³-hybridized carbons (Fsp3) is 0.304. The van der Waals surface area contributed by atoms with Gasteiger partial charge in [-0.15, -0.1) is 0 Å². The summed E-state index contributed by atoms with van der Waals surface area (Å²) in [6.45, 7) is 9.72. The average Bonchev–Trinajstić information content (AvgIpc) is 3.28. The minimum Gasteiger partial charge on any atom is -0.467 e. The predicted octanol–water partition coefficient (Wildman–Crippen LogP) is 4.55. The van der Waals surface area contributed by atoms with E-state index in [0.29, 0.717) is 12.1 Å². The molecular weight excluding hydrogens is 368 g/mol. The first-order valence-corrected chi connectivity index (χ1v) is 9.55. The molecule has 0 aliphatic carbocycles. The van der Waals surface area contributed by atoms with Gasteiger partial charge in [-0.25, -0.2) is 4.79 Å². The van der Waals surface area contributed by atoms with Crippen molar-refractivity contribution in [3.05, 3.63) is 76.5 Å². The number of carbonyl (C=O) groups excluding carboxylic acids is 2. The standard InChI is InChI=1S/C23H26N2O4/c1-14-8-6-9-15(2)21(14)24-22(26)18(5)29-23(27)20-12-16(3)25(17(20)4)13-19-10-7-11-28-19/h6-12,18H,13H2,1-5H3,(H,24,26)/t18-/m0/s1. The van der Waals surface area contributed by atoms with Crippen molar-refractivity contribution in [2.75, 3.05) is 5.32 Å². The quantitative estimate of drug-likeness (QED) is 0.623. The van der Waals surface area contributed by atoms with Crippen molar-refractivity contribution in [3.8, 4) is 0 Å². The number of aryl methyl sites for hydroxylation is 3. The SMILES string of the molecule is Cc1cccc(C)c1NC(=O)[C@H](C)OC(=O)c1cc(C)n(Cc2ccco2)c1C. The molecule has 0 fully saturated rings. The summed E-state index contributed by atoms with van der Waals surface area (Å²) in [5, 5.41) is 2.86. The number of carbonyl (C=O) groups is 2. The van der Waals surface area contributed by atoms with Crippen molar-refractivity contribution >= 4 is 17.6 Å². The molecule has 2 heterocycles. The Kier molecular flexibility index (Phi) is 5.92. The molecule has 3 rings (SSSR count). The number of rotatable bonds is 6. The van der Waals surface area contributed by atoms with Crippen molar-refractivity contribution in [1.82, 2.24) is 4.57 Å². The summed E-state index contributed by atoms with van der Waals surface area (Å²) >= 11 is 0. The number of aromatic nitrogens is 1. The van der Waals surface area contributed by atoms with Crippen molar-refractivity contribution in [3.63, 3.8) is 0 Å². The van der Waals surface area contributed by atoms with Gasteiger partial charge in [0.1, 0.15) is 5.76 Å². The van der Waals surface area contributed by atoms with Crippen molar-refractivity contribution in [1.29, 1.82) is 0 Å². The zero-order valence-electron chi connectivity index (χ0n) is 17.4. The Labute approximate surface area is 170 Å². The van der Waals surface area contributed by atoms with Crippen LogP contribution in [-0.4, -0.2) is 22.5 Å². The van der Waals surface area contributed by atoms with Gasteiger partial charge < -0.3 is 19.0 Å². The summed E-state index contributed by atoms with van der Waals surface area (Å²) in [6, 6.07) is 11.3. The fourth-order valence-corrected chi connectivity index (χ4v) is 3.32. The molecule has 1 amide bonds. The van der Waals surface area contributed by atoms with E-state index in [1.54, 1.807) is 19.3 Å². The average molecular weight is 394 g/mol. The second kappa shape index (κ2) is 8.39. The third-order valence-electron chi connectivity index (χ3n) is 5.07. The summed E-state index contributed by atoms with van der Waals surface area (Å²) in [7, 11) is 0. The van der Waals surface area contributed by atoms with Crippen LogP contribution in [0.15, 0.2) is 47.1 Å². The van der Waals surface area contributed by atoms with Crippen LogP contribution in [0.1, 0.15) is 45.6 Å². The lowest BCUT2D eigenvalue weighted by molar-refractivity contribution is -0.123. The molecular formula is C23H26N2O4. The van der Waals surface area contributed by atoms with E-state index in [0.717, 1.165) is 34.0 Å². The minimum atomic E-state index is -0.922. The number of furan rings is 1. The van der Waals surface area contributed by atoms with Crippen LogP contribution in [0, 0.1) is 27.7 Å². The third-order valence-corrected chi connectivity index (χ3v) is 5.07. The summed E-state index contributed by atoms with van der Waals surface area (Å²) in [5.74, 6) is -0.0823. The van der Waals surface area contributed by atoms with Gasteiger partial charge >= 0.3 is 5.97 Å². The van der Waals surface area contributed by atoms with Crippen molar-refractivity contribution in [2.45, 2.75) is 47.3 Å². The number of hydrogen-bond acceptors (Lipinski definition) is 4. The molecule has 0 radical (unpaired) electrons. The zero-order chi connectivity index (χ0) is 21.1. The molecule has 29 heavy (non-hydrogen) atoms. The number of amides is 1. The summed E-state index contributed by atoms with van der Waals surface area (Å²) < 4.78 is 12.8. The van der Waals surface area contributed by atoms with Crippen LogP contribution in [-0.2, 0) is 16.1 Å². The second-order valence-electron chi connectivity index (χ2n) is 7.25. The molecule has 0 saturated heterocycles. The first-order chi connectivity index (χ1) is 13.8. The number of nitrogens with zero attached hydrogens (tertiary/aromatic N) is 1. The van der Waals surface area contributed by atoms with Crippen LogP contribution in [0.25, 0.3) is 0 Å². The monoisotopic (exact) mass is 394 g/mol. The van der Waals surface area contributed by atoms with Gasteiger partial charge in [-0.05, 0) is 63.9 Å². The van der Waals surface area contributed by atoms with Gasteiger partial charge in [-0.2, -0.15) is 0 Å². The van der Waals surface area contributed by atoms with Crippen LogP contribution in [0.3, 0.4) is 0 Å². The number of anilines is 1. The largest absolute Gasteiger partial charge is 0.467 e. The molecule has 152 valence electrons. The predicted molar refractivity (Wildman–Crippen MR) is 111 cm³/mol. The van der Waals surface area contributed by atoms with E-state index in [1.807, 2.05) is 62.6 Å². The lowest BCUT2D eigenvalue weighted by atomic mass is 10.1. The van der Waals surface area contributed by atoms with Crippen LogP contribution in [0.4, 0.5) is 5.69 Å². The van der Waals surface area contributed by atoms with Gasteiger partial charge in [-0.1, -0.05) is 18.2 Å². The molecule has 0 spiro atoms. The van der Waals surface area contributed by atoms with Crippen LogP contribution < -0.4 is 5.32 Å². The van der Waals surface area contributed by atoms with Gasteiger partial charge in [0.15, 0.2) is 6.10 Å². The highest BCUT2D eigenvalue weighted by molar-refractivity contribution is 5.98. The Morgan fingerprint density at radius 3 is 2.41 bits per heavy atom. The Hall–Kier alpha value is -3.28. The zero-order valence-corrected chi connectivity index (χ0v) is 17.4. The lowest BCUT2D eigenvalue weighted by Crippen LogP contribution is -2.30. The highest BCUT2D eigenvalue weighted by Crippen LogP contribution is 2.21. The highest BCUT2D eigenvalue weighted by Gasteiger charge is 2.23. The maximum atomic E-state index is 12.7. The molecule has 1 N–H and O–H groups in total. The van der Waals surface area contributed by atoms with Crippen molar-refractivity contribution in [2.24, 2.45) is 0 Å². The summed E-state index contributed by atoms with van der Waals surface area (Å²) in [4.78, 5) is 25.2. The van der Waals surface area contributed by atoms with E-state index < -0.39 is 12.1 Å². The molecule has 1 atom stereocenters. The maximum Gasteiger partial charge on any atom is 0.340 e. The fourth-order valence-electron chi connectivity index (χ4n) is 3.32. The number of esters is 1. The molecule has 6 heteroatoms. The van der Waals surface area contributed by atoms with Gasteiger partial charge in [0.2, 0.25) is 0 Å². The summed E-state index contributed by atoms with van der Waals surface area (Å²) in [5.41, 5.74) is 4.79. The highest BCUT2D eigenvalue weighted by atomic mass is 16.5. The van der Waals surface area contributed by atoms with E-state index in [4.69, 9.17) is 9.15 Å². The number of benzene rings is 1. The number of para-hydroxylation sites is 1. The molecule has 0 bridgehead atoms. The van der Waals surface area contributed by atoms with E-state index in [9.17, 15) is 9.59 Å². The molecule has 0 aliphatic rings. The first-order valence-electron chi connectivity index (χ1n) is 9.55. The Morgan fingerprint density at radius 2 is 1.79 bits per heavy atom. The first kappa shape index (κ1) is 20.5.